The van der Waals surface area contributed by atoms with Crippen LogP contribution in [0.4, 0.5) is 0 Å². The summed E-state index contributed by atoms with van der Waals surface area (Å²) < 4.78 is 11.6. The maximum absolute atomic E-state index is 10.7. The molecular weight excluding hydrogens is 254 g/mol. The predicted octanol–water partition coefficient (Wildman–Crippen LogP) is 1.73. The van der Waals surface area contributed by atoms with Gasteiger partial charge in [-0.1, -0.05) is 30.3 Å². The van der Waals surface area contributed by atoms with Gasteiger partial charge in [0.2, 0.25) is 0 Å². The molecule has 2 heterocycles. The largest absolute Gasteiger partial charge is 0.384 e. The number of likely N-dealkylation sites (tertiary alicyclic amines) is 1. The van der Waals surface area contributed by atoms with Crippen LogP contribution in [-0.4, -0.2) is 48.6 Å². The van der Waals surface area contributed by atoms with E-state index in [1.807, 2.05) is 37.3 Å². The van der Waals surface area contributed by atoms with Gasteiger partial charge in [0.1, 0.15) is 0 Å². The first-order chi connectivity index (χ1) is 9.60. The van der Waals surface area contributed by atoms with E-state index in [-0.39, 0.29) is 0 Å². The highest BCUT2D eigenvalue weighted by atomic mass is 16.7. The minimum atomic E-state index is -0.849. The van der Waals surface area contributed by atoms with Gasteiger partial charge in [0.15, 0.2) is 5.79 Å². The second-order valence-electron chi connectivity index (χ2n) is 6.06. The normalized spacial score (nSPS) is 25.7. The summed E-state index contributed by atoms with van der Waals surface area (Å²) >= 11 is 0. The average Bonchev–Trinajstić information content (AvgIpc) is 2.87. The van der Waals surface area contributed by atoms with E-state index in [0.29, 0.717) is 19.8 Å². The van der Waals surface area contributed by atoms with Crippen LogP contribution in [0.2, 0.25) is 0 Å². The number of nitrogens with zero attached hydrogens (tertiary/aromatic N) is 1. The number of hydrogen-bond donors (Lipinski definition) is 1. The number of ether oxygens (including phenoxy) is 2. The van der Waals surface area contributed by atoms with Gasteiger partial charge in [0.25, 0.3) is 0 Å². The van der Waals surface area contributed by atoms with Crippen LogP contribution in [0.1, 0.15) is 25.3 Å². The molecule has 2 aliphatic rings. The van der Waals surface area contributed by atoms with E-state index in [1.54, 1.807) is 0 Å². The molecule has 110 valence electrons. The van der Waals surface area contributed by atoms with Crippen molar-refractivity contribution in [1.82, 2.24) is 4.90 Å². The van der Waals surface area contributed by atoms with E-state index in [2.05, 4.69) is 4.90 Å². The minimum absolute atomic E-state index is 0.426. The molecule has 1 aromatic carbocycles. The monoisotopic (exact) mass is 277 g/mol. The zero-order chi connectivity index (χ0) is 14.1. The summed E-state index contributed by atoms with van der Waals surface area (Å²) in [4.78, 5) is 2.25. The molecule has 0 aliphatic carbocycles. The summed E-state index contributed by atoms with van der Waals surface area (Å²) in [6.45, 7) is 5.57. The third kappa shape index (κ3) is 2.88. The van der Waals surface area contributed by atoms with Crippen LogP contribution in [-0.2, 0) is 15.1 Å². The second-order valence-corrected chi connectivity index (χ2v) is 6.06. The van der Waals surface area contributed by atoms with Crippen molar-refractivity contribution in [3.63, 3.8) is 0 Å². The van der Waals surface area contributed by atoms with Crippen molar-refractivity contribution in [2.24, 2.45) is 0 Å². The Labute approximate surface area is 120 Å². The summed E-state index contributed by atoms with van der Waals surface area (Å²) in [6.07, 6.45) is 2.00. The van der Waals surface area contributed by atoms with Crippen LogP contribution in [0.3, 0.4) is 0 Å². The lowest BCUT2D eigenvalue weighted by Crippen LogP contribution is -2.52. The van der Waals surface area contributed by atoms with E-state index in [0.717, 1.165) is 31.5 Å². The van der Waals surface area contributed by atoms with Crippen molar-refractivity contribution in [2.45, 2.75) is 31.2 Å². The molecule has 0 aromatic heterocycles. The fourth-order valence-electron chi connectivity index (χ4n) is 3.26. The minimum Gasteiger partial charge on any atom is -0.384 e. The highest BCUT2D eigenvalue weighted by Crippen LogP contribution is 2.32. The van der Waals surface area contributed by atoms with Gasteiger partial charge in [0.05, 0.1) is 25.4 Å². The predicted molar refractivity (Wildman–Crippen MR) is 76.3 cm³/mol. The molecule has 1 spiro atoms. The Kier molecular flexibility index (Phi) is 3.82. The Morgan fingerprint density at radius 2 is 1.95 bits per heavy atom. The molecule has 1 unspecified atom stereocenters. The third-order valence-corrected chi connectivity index (χ3v) is 4.24. The van der Waals surface area contributed by atoms with Gasteiger partial charge in [-0.3, -0.25) is 4.90 Å². The first kappa shape index (κ1) is 14.0. The Bertz CT molecular complexity index is 440. The van der Waals surface area contributed by atoms with Crippen molar-refractivity contribution in [2.75, 3.05) is 32.8 Å². The van der Waals surface area contributed by atoms with Crippen molar-refractivity contribution in [3.8, 4) is 0 Å². The molecule has 2 saturated heterocycles. The molecule has 1 atom stereocenters. The van der Waals surface area contributed by atoms with E-state index in [1.165, 1.54) is 0 Å². The molecule has 4 nitrogen and oxygen atoms in total. The quantitative estimate of drug-likeness (QED) is 0.913. The Morgan fingerprint density at radius 1 is 1.25 bits per heavy atom. The summed E-state index contributed by atoms with van der Waals surface area (Å²) in [5, 5.41) is 10.7. The number of benzene rings is 1. The molecule has 2 aliphatic heterocycles. The molecule has 0 radical (unpaired) electrons. The van der Waals surface area contributed by atoms with Crippen molar-refractivity contribution >= 4 is 0 Å². The van der Waals surface area contributed by atoms with Gasteiger partial charge < -0.3 is 14.6 Å². The molecule has 0 saturated carbocycles. The molecule has 4 heteroatoms. The van der Waals surface area contributed by atoms with E-state index in [4.69, 9.17) is 9.47 Å². The van der Waals surface area contributed by atoms with Gasteiger partial charge in [-0.15, -0.1) is 0 Å². The fourth-order valence-corrected chi connectivity index (χ4v) is 3.26. The standard InChI is InChI=1S/C16H23NO3/c1-15(18,14-6-3-2-4-7-14)12-17-9-5-8-16(13-17)19-10-11-20-16/h2-4,6-7,18H,5,8-13H2,1H3. The lowest BCUT2D eigenvalue weighted by Gasteiger charge is -2.41. The van der Waals surface area contributed by atoms with Crippen LogP contribution in [0.15, 0.2) is 30.3 Å². The molecular formula is C16H23NO3. The molecule has 0 bridgehead atoms. The summed E-state index contributed by atoms with van der Waals surface area (Å²) in [5.74, 6) is -0.426. The molecule has 20 heavy (non-hydrogen) atoms. The third-order valence-electron chi connectivity index (χ3n) is 4.24. The highest BCUT2D eigenvalue weighted by molar-refractivity contribution is 5.21. The summed E-state index contributed by atoms with van der Waals surface area (Å²) in [5.41, 5.74) is 0.103. The smallest absolute Gasteiger partial charge is 0.181 e. The van der Waals surface area contributed by atoms with E-state index >= 15 is 0 Å². The van der Waals surface area contributed by atoms with E-state index < -0.39 is 11.4 Å². The maximum Gasteiger partial charge on any atom is 0.181 e. The maximum atomic E-state index is 10.7. The Hall–Kier alpha value is -0.940. The van der Waals surface area contributed by atoms with Gasteiger partial charge >= 0.3 is 0 Å². The van der Waals surface area contributed by atoms with Crippen molar-refractivity contribution < 1.29 is 14.6 Å². The molecule has 1 N–H and O–H groups in total. The van der Waals surface area contributed by atoms with Crippen LogP contribution >= 0.6 is 0 Å². The SMILES string of the molecule is CC(O)(CN1CCCC2(C1)OCCO2)c1ccccc1. The topological polar surface area (TPSA) is 41.9 Å². The lowest BCUT2D eigenvalue weighted by molar-refractivity contribution is -0.194. The van der Waals surface area contributed by atoms with Crippen LogP contribution in [0, 0.1) is 0 Å². The van der Waals surface area contributed by atoms with Gasteiger partial charge in [0, 0.05) is 13.0 Å². The Balaban J connectivity index is 1.68. The number of piperidine rings is 1. The Morgan fingerprint density at radius 3 is 2.65 bits per heavy atom. The van der Waals surface area contributed by atoms with Crippen LogP contribution in [0.5, 0.6) is 0 Å². The van der Waals surface area contributed by atoms with Crippen molar-refractivity contribution in [3.05, 3.63) is 35.9 Å². The van der Waals surface area contributed by atoms with Gasteiger partial charge in [-0.2, -0.15) is 0 Å². The highest BCUT2D eigenvalue weighted by Gasteiger charge is 2.42. The second kappa shape index (κ2) is 5.45. The number of hydrogen-bond acceptors (Lipinski definition) is 4. The van der Waals surface area contributed by atoms with Gasteiger partial charge in [-0.05, 0) is 25.5 Å². The first-order valence-electron chi connectivity index (χ1n) is 7.38. The molecule has 1 aromatic rings. The van der Waals surface area contributed by atoms with Crippen molar-refractivity contribution in [1.29, 1.82) is 0 Å². The molecule has 0 amide bonds. The molecule has 2 fully saturated rings. The number of β-amino-alcohol motifs (C(OH)–C–C–N with tert-alkyl or cyclic N) is 1. The number of rotatable bonds is 3. The zero-order valence-electron chi connectivity index (χ0n) is 12.0. The number of aliphatic hydroxyl groups is 1. The van der Waals surface area contributed by atoms with Crippen LogP contribution in [0.25, 0.3) is 0 Å². The molecule has 3 rings (SSSR count). The summed E-state index contributed by atoms with van der Waals surface area (Å²) in [7, 11) is 0. The van der Waals surface area contributed by atoms with E-state index in [9.17, 15) is 5.11 Å². The first-order valence-corrected chi connectivity index (χ1v) is 7.38. The zero-order valence-corrected chi connectivity index (χ0v) is 12.0. The summed E-state index contributed by atoms with van der Waals surface area (Å²) in [6, 6.07) is 9.84. The fraction of sp³-hybridized carbons (Fsp3) is 0.625. The van der Waals surface area contributed by atoms with Crippen LogP contribution < -0.4 is 0 Å². The average molecular weight is 277 g/mol. The lowest BCUT2D eigenvalue weighted by atomic mass is 9.94. The van der Waals surface area contributed by atoms with Gasteiger partial charge in [-0.25, -0.2) is 0 Å².